The molecule has 0 saturated heterocycles. The maximum absolute atomic E-state index is 2.50. The third-order valence-electron chi connectivity index (χ3n) is 13.3. The lowest BCUT2D eigenvalue weighted by atomic mass is 9.66. The fourth-order valence-corrected chi connectivity index (χ4v) is 10.7. The van der Waals surface area contributed by atoms with Gasteiger partial charge in [-0.1, -0.05) is 158 Å². The van der Waals surface area contributed by atoms with Crippen molar-refractivity contribution in [1.82, 2.24) is 4.57 Å². The fourth-order valence-electron chi connectivity index (χ4n) is 10.7. The number of allylic oxidation sites excluding steroid dienone is 5. The van der Waals surface area contributed by atoms with Gasteiger partial charge in [0.25, 0.3) is 0 Å². The second-order valence-corrected chi connectivity index (χ2v) is 16.6. The van der Waals surface area contributed by atoms with E-state index in [1.165, 1.54) is 88.8 Å². The Morgan fingerprint density at radius 2 is 1.20 bits per heavy atom. The molecular weight excluding hydrogens is 737 g/mol. The Morgan fingerprint density at radius 3 is 2.05 bits per heavy atom. The first-order chi connectivity index (χ1) is 30.3. The summed E-state index contributed by atoms with van der Waals surface area (Å²) in [5.74, 6) is 0. The Hall–Kier alpha value is -7.42. The Labute approximate surface area is 357 Å². The number of fused-ring (bicyclic) bond motifs is 7. The lowest BCUT2D eigenvalue weighted by Crippen LogP contribution is -2.29. The molecule has 0 radical (unpaired) electrons. The number of aromatic nitrogens is 1. The van der Waals surface area contributed by atoms with Crippen molar-refractivity contribution >= 4 is 44.9 Å². The third kappa shape index (κ3) is 5.56. The fraction of sp³-hybridized carbons (Fsp3) is 0.0847. The van der Waals surface area contributed by atoms with Gasteiger partial charge in [0.1, 0.15) is 0 Å². The van der Waals surface area contributed by atoms with Crippen LogP contribution in [0.1, 0.15) is 47.1 Å². The van der Waals surface area contributed by atoms with Gasteiger partial charge in [-0.2, -0.15) is 0 Å². The second-order valence-electron chi connectivity index (χ2n) is 16.6. The maximum Gasteiger partial charge on any atom is 0.0711 e. The number of para-hydroxylation sites is 2. The van der Waals surface area contributed by atoms with E-state index in [-0.39, 0.29) is 0 Å². The summed E-state index contributed by atoms with van der Waals surface area (Å²) in [6.45, 7) is 0. The summed E-state index contributed by atoms with van der Waals surface area (Å²) in [5, 5.41) is 2.52. The van der Waals surface area contributed by atoms with Gasteiger partial charge in [0, 0.05) is 33.4 Å². The van der Waals surface area contributed by atoms with Crippen LogP contribution in [-0.4, -0.2) is 4.57 Å². The van der Waals surface area contributed by atoms with Gasteiger partial charge in [-0.05, 0) is 136 Å². The minimum atomic E-state index is -0.437. The molecule has 61 heavy (non-hydrogen) atoms. The van der Waals surface area contributed by atoms with E-state index in [4.69, 9.17) is 0 Å². The SMILES string of the molecule is C1=CC(C2(c3ccccc3)c3ccccc3-c3ccc(N(c4ccc(-c5ccc6c(c5)c5ccccc5n6-c5ccccc5)cc4)c4cccc5c4C=CCC5)cc32)=CCC1. The molecule has 1 aromatic heterocycles. The van der Waals surface area contributed by atoms with Crippen LogP contribution in [0.4, 0.5) is 17.1 Å². The molecule has 1 atom stereocenters. The summed E-state index contributed by atoms with van der Waals surface area (Å²) < 4.78 is 2.38. The number of rotatable bonds is 7. The normalized spacial score (nSPS) is 16.3. The third-order valence-corrected chi connectivity index (χ3v) is 13.3. The van der Waals surface area contributed by atoms with Crippen LogP contribution in [0.5, 0.6) is 0 Å². The van der Waals surface area contributed by atoms with Crippen molar-refractivity contribution in [2.24, 2.45) is 0 Å². The Kier molecular flexibility index (Phi) is 8.38. The van der Waals surface area contributed by atoms with Gasteiger partial charge in [-0.3, -0.25) is 0 Å². The molecule has 2 heteroatoms. The Morgan fingerprint density at radius 1 is 0.475 bits per heavy atom. The first kappa shape index (κ1) is 35.5. The molecule has 290 valence electrons. The molecule has 0 amide bonds. The average Bonchev–Trinajstić information content (AvgIpc) is 3.83. The van der Waals surface area contributed by atoms with Crippen LogP contribution >= 0.6 is 0 Å². The van der Waals surface area contributed by atoms with E-state index in [0.29, 0.717) is 0 Å². The van der Waals surface area contributed by atoms with E-state index in [0.717, 1.165) is 37.1 Å². The highest BCUT2D eigenvalue weighted by molar-refractivity contribution is 6.10. The topological polar surface area (TPSA) is 8.17 Å². The van der Waals surface area contributed by atoms with Gasteiger partial charge >= 0.3 is 0 Å². The molecule has 0 bridgehead atoms. The molecule has 0 fully saturated rings. The number of hydrogen-bond acceptors (Lipinski definition) is 1. The van der Waals surface area contributed by atoms with Crippen LogP contribution in [0.3, 0.4) is 0 Å². The Balaban J connectivity index is 1.03. The lowest BCUT2D eigenvalue weighted by Gasteiger charge is -2.36. The van der Waals surface area contributed by atoms with Crippen molar-refractivity contribution in [2.45, 2.75) is 31.1 Å². The van der Waals surface area contributed by atoms with Crippen LogP contribution in [0.25, 0.3) is 55.8 Å². The van der Waals surface area contributed by atoms with Gasteiger partial charge in [0.2, 0.25) is 0 Å². The zero-order chi connectivity index (χ0) is 40.3. The number of anilines is 3. The van der Waals surface area contributed by atoms with Gasteiger partial charge in [0.05, 0.1) is 22.1 Å². The van der Waals surface area contributed by atoms with E-state index >= 15 is 0 Å². The van der Waals surface area contributed by atoms with E-state index in [9.17, 15) is 0 Å². The molecule has 1 unspecified atom stereocenters. The number of nitrogens with zero attached hydrogens (tertiary/aromatic N) is 2. The number of benzene rings is 8. The van der Waals surface area contributed by atoms with Gasteiger partial charge < -0.3 is 9.47 Å². The van der Waals surface area contributed by atoms with Crippen molar-refractivity contribution in [3.63, 3.8) is 0 Å². The van der Waals surface area contributed by atoms with E-state index in [1.807, 2.05) is 0 Å². The van der Waals surface area contributed by atoms with Crippen LogP contribution in [0.2, 0.25) is 0 Å². The molecule has 9 aromatic rings. The minimum absolute atomic E-state index is 0.437. The van der Waals surface area contributed by atoms with Gasteiger partial charge in [-0.15, -0.1) is 0 Å². The van der Waals surface area contributed by atoms with E-state index in [1.54, 1.807) is 0 Å². The van der Waals surface area contributed by atoms with Crippen LogP contribution < -0.4 is 4.90 Å². The highest BCUT2D eigenvalue weighted by atomic mass is 15.1. The summed E-state index contributed by atoms with van der Waals surface area (Å²) in [6.07, 6.45) is 16.1. The van der Waals surface area contributed by atoms with Crippen molar-refractivity contribution in [1.29, 1.82) is 0 Å². The second kappa shape index (κ2) is 14.4. The molecule has 0 N–H and O–H groups in total. The minimum Gasteiger partial charge on any atom is -0.310 e. The zero-order valence-electron chi connectivity index (χ0n) is 34.0. The monoisotopic (exact) mass is 780 g/mol. The van der Waals surface area contributed by atoms with Crippen molar-refractivity contribution < 1.29 is 0 Å². The first-order valence-corrected chi connectivity index (χ1v) is 21.7. The molecule has 3 aliphatic carbocycles. The summed E-state index contributed by atoms with van der Waals surface area (Å²) in [4.78, 5) is 2.50. The van der Waals surface area contributed by atoms with Crippen molar-refractivity contribution in [2.75, 3.05) is 4.90 Å². The highest BCUT2D eigenvalue weighted by Gasteiger charge is 2.47. The molecule has 3 aliphatic rings. The predicted molar refractivity (Wildman–Crippen MR) is 256 cm³/mol. The summed E-state index contributed by atoms with van der Waals surface area (Å²) in [5.41, 5.74) is 19.7. The summed E-state index contributed by atoms with van der Waals surface area (Å²) in [7, 11) is 0. The largest absolute Gasteiger partial charge is 0.310 e. The molecule has 0 saturated carbocycles. The molecule has 1 heterocycles. The molecule has 8 aromatic carbocycles. The Bertz CT molecular complexity index is 3240. The van der Waals surface area contributed by atoms with Gasteiger partial charge in [-0.25, -0.2) is 0 Å². The zero-order valence-corrected chi connectivity index (χ0v) is 34.0. The maximum atomic E-state index is 2.50. The standard InChI is InChI=1S/C59H44N2/c1-4-19-44(20-5-1)59(45-21-6-2-7-22-45)54-28-14-12-26-50(54)51-37-36-48(40-55(51)59)60(56-30-16-18-42-17-10-11-25-49(42)56)47-34-31-41(32-35-47)43-33-38-58-53(39-43)52-27-13-15-29-57(52)61(58)46-23-8-3-9-24-46/h1,3-6,8-9,11-16,18-40H,2,7,10,17H2. The van der Waals surface area contributed by atoms with Crippen LogP contribution in [0.15, 0.2) is 218 Å². The molecule has 2 nitrogen and oxygen atoms in total. The molecular formula is C59H44N2. The lowest BCUT2D eigenvalue weighted by molar-refractivity contribution is 0.751. The number of aryl methyl sites for hydroxylation is 1. The number of hydrogen-bond donors (Lipinski definition) is 0. The first-order valence-electron chi connectivity index (χ1n) is 21.7. The quantitative estimate of drug-likeness (QED) is 0.156. The van der Waals surface area contributed by atoms with Gasteiger partial charge in [0.15, 0.2) is 0 Å². The van der Waals surface area contributed by atoms with Crippen molar-refractivity contribution in [3.05, 3.63) is 246 Å². The van der Waals surface area contributed by atoms with E-state index < -0.39 is 5.41 Å². The molecule has 0 spiro atoms. The highest BCUT2D eigenvalue weighted by Crippen LogP contribution is 2.58. The average molecular weight is 781 g/mol. The van der Waals surface area contributed by atoms with E-state index in [2.05, 4.69) is 228 Å². The summed E-state index contributed by atoms with van der Waals surface area (Å²) >= 11 is 0. The summed E-state index contributed by atoms with van der Waals surface area (Å²) in [6, 6.07) is 70.0. The smallest absolute Gasteiger partial charge is 0.0711 e. The van der Waals surface area contributed by atoms with Crippen LogP contribution in [0, 0.1) is 0 Å². The van der Waals surface area contributed by atoms with Crippen molar-refractivity contribution in [3.8, 4) is 27.9 Å². The van der Waals surface area contributed by atoms with Crippen LogP contribution in [-0.2, 0) is 11.8 Å². The predicted octanol–water partition coefficient (Wildman–Crippen LogP) is 15.5. The molecule has 0 aliphatic heterocycles. The molecule has 12 rings (SSSR count).